The fourth-order valence-corrected chi connectivity index (χ4v) is 1.59. The summed E-state index contributed by atoms with van der Waals surface area (Å²) in [5, 5.41) is 0. The number of halogens is 2. The Labute approximate surface area is 90.2 Å². The second-order valence-electron chi connectivity index (χ2n) is 2.72. The van der Waals surface area contributed by atoms with Crippen LogP contribution in [0.3, 0.4) is 0 Å². The van der Waals surface area contributed by atoms with E-state index in [1.807, 2.05) is 0 Å². The zero-order valence-corrected chi connectivity index (χ0v) is 9.52. The maximum absolute atomic E-state index is 13.3. The van der Waals surface area contributed by atoms with Crippen LogP contribution in [0, 0.1) is 5.82 Å². The van der Waals surface area contributed by atoms with Gasteiger partial charge in [0.2, 0.25) is 0 Å². The summed E-state index contributed by atoms with van der Waals surface area (Å²) >= 11 is 3.21. The zero-order valence-electron chi connectivity index (χ0n) is 7.93. The Hall–Kier alpha value is -0.900. The lowest BCUT2D eigenvalue weighted by atomic mass is 10.1. The van der Waals surface area contributed by atoms with Crippen LogP contribution in [0.4, 0.5) is 4.39 Å². The first-order valence-electron chi connectivity index (χ1n) is 4.19. The van der Waals surface area contributed by atoms with E-state index in [-0.39, 0.29) is 17.1 Å². The molecule has 1 rings (SSSR count). The van der Waals surface area contributed by atoms with E-state index in [1.165, 1.54) is 19.1 Å². The molecule has 14 heavy (non-hydrogen) atoms. The standard InChI is InChI=1S/C10H10BrFO2/c1-3-14-10-7(11)4-5-8(12)9(10)6(2)13/h4-5H,3H2,1-2H3. The highest BCUT2D eigenvalue weighted by Crippen LogP contribution is 2.31. The quantitative estimate of drug-likeness (QED) is 0.781. The predicted octanol–water partition coefficient (Wildman–Crippen LogP) is 3.19. The first-order valence-corrected chi connectivity index (χ1v) is 4.99. The SMILES string of the molecule is CCOc1c(Br)ccc(F)c1C(C)=O. The van der Waals surface area contributed by atoms with E-state index in [1.54, 1.807) is 6.92 Å². The van der Waals surface area contributed by atoms with Gasteiger partial charge in [-0.25, -0.2) is 4.39 Å². The molecule has 2 nitrogen and oxygen atoms in total. The van der Waals surface area contributed by atoms with Crippen LogP contribution >= 0.6 is 15.9 Å². The highest BCUT2D eigenvalue weighted by atomic mass is 79.9. The summed E-state index contributed by atoms with van der Waals surface area (Å²) in [4.78, 5) is 11.2. The molecule has 0 saturated heterocycles. The van der Waals surface area contributed by atoms with Gasteiger partial charge in [0, 0.05) is 0 Å². The number of carbonyl (C=O) groups is 1. The largest absolute Gasteiger partial charge is 0.492 e. The Bertz CT molecular complexity index is 363. The molecule has 1 aromatic carbocycles. The van der Waals surface area contributed by atoms with Crippen LogP contribution in [0.5, 0.6) is 5.75 Å². The molecule has 0 aliphatic rings. The van der Waals surface area contributed by atoms with Gasteiger partial charge in [-0.15, -0.1) is 0 Å². The number of ether oxygens (including phenoxy) is 1. The Balaban J connectivity index is 3.33. The fourth-order valence-electron chi connectivity index (χ4n) is 1.15. The van der Waals surface area contributed by atoms with Crippen molar-refractivity contribution in [1.29, 1.82) is 0 Å². The molecule has 0 bridgehead atoms. The van der Waals surface area contributed by atoms with E-state index in [4.69, 9.17) is 4.74 Å². The van der Waals surface area contributed by atoms with Crippen molar-refractivity contribution in [3.63, 3.8) is 0 Å². The molecule has 0 amide bonds. The van der Waals surface area contributed by atoms with Gasteiger partial charge < -0.3 is 4.74 Å². The van der Waals surface area contributed by atoms with Crippen LogP contribution in [-0.2, 0) is 0 Å². The molecule has 0 unspecified atom stereocenters. The smallest absolute Gasteiger partial charge is 0.166 e. The molecule has 0 N–H and O–H groups in total. The number of benzene rings is 1. The van der Waals surface area contributed by atoms with Crippen molar-refractivity contribution in [1.82, 2.24) is 0 Å². The molecule has 4 heteroatoms. The van der Waals surface area contributed by atoms with Crippen molar-refractivity contribution in [3.8, 4) is 5.75 Å². The second kappa shape index (κ2) is 4.55. The van der Waals surface area contributed by atoms with Crippen molar-refractivity contribution < 1.29 is 13.9 Å². The van der Waals surface area contributed by atoms with Crippen molar-refractivity contribution in [2.24, 2.45) is 0 Å². The van der Waals surface area contributed by atoms with Crippen molar-refractivity contribution in [2.75, 3.05) is 6.61 Å². The lowest BCUT2D eigenvalue weighted by Crippen LogP contribution is -2.04. The number of carbonyl (C=O) groups excluding carboxylic acids is 1. The molecule has 0 saturated carbocycles. The first-order chi connectivity index (χ1) is 6.57. The average molecular weight is 261 g/mol. The van der Waals surface area contributed by atoms with E-state index in [0.717, 1.165) is 0 Å². The highest BCUT2D eigenvalue weighted by molar-refractivity contribution is 9.10. The summed E-state index contributed by atoms with van der Waals surface area (Å²) in [6.45, 7) is 3.48. The molecule has 0 spiro atoms. The first kappa shape index (κ1) is 11.2. The molecule has 1 aromatic rings. The summed E-state index contributed by atoms with van der Waals surface area (Å²) in [5.74, 6) is -0.614. The lowest BCUT2D eigenvalue weighted by molar-refractivity contribution is 0.101. The third-order valence-electron chi connectivity index (χ3n) is 1.70. The van der Waals surface area contributed by atoms with Gasteiger partial charge in [-0.1, -0.05) is 0 Å². The maximum Gasteiger partial charge on any atom is 0.166 e. The lowest BCUT2D eigenvalue weighted by Gasteiger charge is -2.10. The summed E-state index contributed by atoms with van der Waals surface area (Å²) in [6, 6.07) is 2.76. The van der Waals surface area contributed by atoms with Gasteiger partial charge in [0.1, 0.15) is 11.6 Å². The summed E-state index contributed by atoms with van der Waals surface area (Å²) in [5.41, 5.74) is 0.00113. The van der Waals surface area contributed by atoms with E-state index in [2.05, 4.69) is 15.9 Å². The number of hydrogen-bond acceptors (Lipinski definition) is 2. The molecule has 0 aliphatic heterocycles. The average Bonchev–Trinajstić information content (AvgIpc) is 2.11. The summed E-state index contributed by atoms with van der Waals surface area (Å²) < 4.78 is 19.1. The fraction of sp³-hybridized carbons (Fsp3) is 0.300. The summed E-state index contributed by atoms with van der Waals surface area (Å²) in [7, 11) is 0. The van der Waals surface area contributed by atoms with Crippen molar-refractivity contribution in [3.05, 3.63) is 28.0 Å². The van der Waals surface area contributed by atoms with Gasteiger partial charge >= 0.3 is 0 Å². The van der Waals surface area contributed by atoms with Crippen LogP contribution in [0.25, 0.3) is 0 Å². The molecule has 0 heterocycles. The molecular formula is C10H10BrFO2. The number of hydrogen-bond donors (Lipinski definition) is 0. The van der Waals surface area contributed by atoms with Gasteiger partial charge in [0.25, 0.3) is 0 Å². The Morgan fingerprint density at radius 2 is 2.21 bits per heavy atom. The van der Waals surface area contributed by atoms with Gasteiger partial charge in [0.05, 0.1) is 16.6 Å². The highest BCUT2D eigenvalue weighted by Gasteiger charge is 2.16. The molecular weight excluding hydrogens is 251 g/mol. The molecule has 0 atom stereocenters. The van der Waals surface area contributed by atoms with E-state index in [9.17, 15) is 9.18 Å². The zero-order chi connectivity index (χ0) is 10.7. The Kier molecular flexibility index (Phi) is 3.63. The molecule has 76 valence electrons. The van der Waals surface area contributed by atoms with Gasteiger partial charge in [-0.3, -0.25) is 4.79 Å². The molecule has 0 fully saturated rings. The molecule has 0 aromatic heterocycles. The van der Waals surface area contributed by atoms with Gasteiger partial charge in [-0.2, -0.15) is 0 Å². The Morgan fingerprint density at radius 3 is 2.71 bits per heavy atom. The third-order valence-corrected chi connectivity index (χ3v) is 2.32. The van der Waals surface area contributed by atoms with Crippen molar-refractivity contribution in [2.45, 2.75) is 13.8 Å². The minimum absolute atomic E-state index is 0.00113. The number of ketones is 1. The monoisotopic (exact) mass is 260 g/mol. The second-order valence-corrected chi connectivity index (χ2v) is 3.58. The summed E-state index contributed by atoms with van der Waals surface area (Å²) in [6.07, 6.45) is 0. The van der Waals surface area contributed by atoms with Crippen LogP contribution in [-0.4, -0.2) is 12.4 Å². The minimum Gasteiger partial charge on any atom is -0.492 e. The van der Waals surface area contributed by atoms with Gasteiger partial charge in [-0.05, 0) is 41.9 Å². The van der Waals surface area contributed by atoms with Crippen LogP contribution in [0.2, 0.25) is 0 Å². The van der Waals surface area contributed by atoms with Crippen molar-refractivity contribution >= 4 is 21.7 Å². The topological polar surface area (TPSA) is 26.3 Å². The normalized spacial score (nSPS) is 10.0. The Morgan fingerprint density at radius 1 is 1.57 bits per heavy atom. The van der Waals surface area contributed by atoms with Gasteiger partial charge in [0.15, 0.2) is 5.78 Å². The number of rotatable bonds is 3. The van der Waals surface area contributed by atoms with E-state index >= 15 is 0 Å². The van der Waals surface area contributed by atoms with Crippen LogP contribution in [0.15, 0.2) is 16.6 Å². The minimum atomic E-state index is -0.552. The molecule has 0 aliphatic carbocycles. The third kappa shape index (κ3) is 2.12. The molecule has 0 radical (unpaired) electrons. The van der Waals surface area contributed by atoms with Crippen LogP contribution in [0.1, 0.15) is 24.2 Å². The van der Waals surface area contributed by atoms with Crippen LogP contribution < -0.4 is 4.74 Å². The van der Waals surface area contributed by atoms with E-state index in [0.29, 0.717) is 11.1 Å². The van der Waals surface area contributed by atoms with E-state index < -0.39 is 5.82 Å². The number of Topliss-reactive ketones (excluding diaryl/α,β-unsaturated/α-hetero) is 1. The maximum atomic E-state index is 13.3. The predicted molar refractivity (Wildman–Crippen MR) is 55.3 cm³/mol.